The van der Waals surface area contributed by atoms with Crippen LogP contribution in [0.25, 0.3) is 10.6 Å². The van der Waals surface area contributed by atoms with Gasteiger partial charge in [-0.25, -0.2) is 9.78 Å². The van der Waals surface area contributed by atoms with Crippen molar-refractivity contribution in [3.05, 3.63) is 35.3 Å². The molecule has 2 N–H and O–H groups in total. The van der Waals surface area contributed by atoms with Gasteiger partial charge in [0.25, 0.3) is 0 Å². The summed E-state index contributed by atoms with van der Waals surface area (Å²) in [7, 11) is 4.10. The lowest BCUT2D eigenvalue weighted by Gasteiger charge is -2.17. The first-order valence-corrected chi connectivity index (χ1v) is 8.59. The summed E-state index contributed by atoms with van der Waals surface area (Å²) in [5.74, 6) is 0.842. The lowest BCUT2D eigenvalue weighted by molar-refractivity contribution is 0.193. The average molecular weight is 349 g/mol. The lowest BCUT2D eigenvalue weighted by Crippen LogP contribution is -2.21. The van der Waals surface area contributed by atoms with Gasteiger partial charge < -0.3 is 20.1 Å². The van der Waals surface area contributed by atoms with E-state index >= 15 is 0 Å². The molecule has 24 heavy (non-hydrogen) atoms. The Morgan fingerprint density at radius 2 is 2.08 bits per heavy atom. The van der Waals surface area contributed by atoms with Crippen LogP contribution in [0.1, 0.15) is 18.2 Å². The molecule has 0 radical (unpaired) electrons. The molecule has 1 aromatic carbocycles. The highest BCUT2D eigenvalue weighted by molar-refractivity contribution is 7.15. The Morgan fingerprint density at radius 3 is 2.71 bits per heavy atom. The third kappa shape index (κ3) is 5.82. The number of amides is 1. The van der Waals surface area contributed by atoms with Crippen molar-refractivity contribution in [2.24, 2.45) is 0 Å². The van der Waals surface area contributed by atoms with E-state index in [1.165, 1.54) is 11.3 Å². The Morgan fingerprint density at radius 1 is 1.38 bits per heavy atom. The van der Waals surface area contributed by atoms with Gasteiger partial charge in [0.05, 0.1) is 12.6 Å². The predicted molar refractivity (Wildman–Crippen MR) is 95.7 cm³/mol. The molecule has 2 rings (SSSR count). The zero-order valence-electron chi connectivity index (χ0n) is 14.2. The van der Waals surface area contributed by atoms with Crippen molar-refractivity contribution in [1.29, 1.82) is 0 Å². The first-order valence-electron chi connectivity index (χ1n) is 7.77. The number of carbonyl (C=O) groups is 1. The van der Waals surface area contributed by atoms with E-state index in [4.69, 9.17) is 9.84 Å². The maximum atomic E-state index is 10.5. The van der Waals surface area contributed by atoms with Gasteiger partial charge in [0, 0.05) is 23.2 Å². The van der Waals surface area contributed by atoms with Crippen molar-refractivity contribution in [3.63, 3.8) is 0 Å². The summed E-state index contributed by atoms with van der Waals surface area (Å²) in [6, 6.07) is 7.83. The van der Waals surface area contributed by atoms with Crippen LogP contribution in [0.4, 0.5) is 4.79 Å². The summed E-state index contributed by atoms with van der Waals surface area (Å²) in [6.45, 7) is 3.34. The fourth-order valence-electron chi connectivity index (χ4n) is 2.09. The van der Waals surface area contributed by atoms with E-state index in [0.29, 0.717) is 0 Å². The van der Waals surface area contributed by atoms with Crippen molar-refractivity contribution >= 4 is 17.4 Å². The fourth-order valence-corrected chi connectivity index (χ4v) is 2.95. The van der Waals surface area contributed by atoms with E-state index in [-0.39, 0.29) is 12.6 Å². The Kier molecular flexibility index (Phi) is 6.57. The van der Waals surface area contributed by atoms with Crippen molar-refractivity contribution in [1.82, 2.24) is 15.2 Å². The number of aromatic nitrogens is 1. The monoisotopic (exact) mass is 349 g/mol. The van der Waals surface area contributed by atoms with E-state index in [1.807, 2.05) is 24.3 Å². The van der Waals surface area contributed by atoms with Crippen molar-refractivity contribution < 1.29 is 14.6 Å². The van der Waals surface area contributed by atoms with Gasteiger partial charge in [-0.1, -0.05) is 0 Å². The SMILES string of the molecule is CC(CCN(C)C)Oc1ccc(-c2ncc(CNC(=O)O)s2)cc1. The average Bonchev–Trinajstić information content (AvgIpc) is 3.00. The van der Waals surface area contributed by atoms with Gasteiger partial charge in [0.2, 0.25) is 0 Å². The van der Waals surface area contributed by atoms with Crippen LogP contribution in [0.5, 0.6) is 5.75 Å². The molecule has 1 aromatic heterocycles. The van der Waals surface area contributed by atoms with E-state index < -0.39 is 6.09 Å². The molecule has 0 fully saturated rings. The molecule has 0 aliphatic carbocycles. The van der Waals surface area contributed by atoms with E-state index in [2.05, 4.69) is 36.2 Å². The molecule has 0 saturated carbocycles. The number of rotatable bonds is 8. The number of hydrogen-bond donors (Lipinski definition) is 2. The number of benzene rings is 1. The maximum Gasteiger partial charge on any atom is 0.404 e. The van der Waals surface area contributed by atoms with Gasteiger partial charge in [0.15, 0.2) is 0 Å². The van der Waals surface area contributed by atoms with Crippen LogP contribution < -0.4 is 10.1 Å². The second-order valence-corrected chi connectivity index (χ2v) is 6.95. The highest BCUT2D eigenvalue weighted by Gasteiger charge is 2.08. The number of hydrogen-bond acceptors (Lipinski definition) is 5. The Bertz CT molecular complexity index is 655. The van der Waals surface area contributed by atoms with Gasteiger partial charge in [-0.3, -0.25) is 0 Å². The summed E-state index contributed by atoms with van der Waals surface area (Å²) in [5, 5.41) is 11.8. The number of thiazole rings is 1. The van der Waals surface area contributed by atoms with Gasteiger partial charge in [0.1, 0.15) is 10.8 Å². The molecule has 1 amide bonds. The Labute approximate surface area is 146 Å². The molecule has 130 valence electrons. The van der Waals surface area contributed by atoms with Crippen LogP contribution in [0.15, 0.2) is 30.5 Å². The number of nitrogens with one attached hydrogen (secondary N) is 1. The van der Waals surface area contributed by atoms with Gasteiger partial charge in [-0.15, -0.1) is 11.3 Å². The van der Waals surface area contributed by atoms with Gasteiger partial charge in [-0.2, -0.15) is 0 Å². The van der Waals surface area contributed by atoms with E-state index in [0.717, 1.165) is 34.2 Å². The van der Waals surface area contributed by atoms with Crippen LogP contribution in [-0.2, 0) is 6.54 Å². The molecule has 7 heteroatoms. The summed E-state index contributed by atoms with van der Waals surface area (Å²) in [6.07, 6.45) is 1.80. The fraction of sp³-hybridized carbons (Fsp3) is 0.412. The minimum absolute atomic E-state index is 0.159. The topological polar surface area (TPSA) is 74.7 Å². The highest BCUT2D eigenvalue weighted by Crippen LogP contribution is 2.27. The molecule has 0 saturated heterocycles. The summed E-state index contributed by atoms with van der Waals surface area (Å²) < 4.78 is 5.91. The predicted octanol–water partition coefficient (Wildman–Crippen LogP) is 3.30. The minimum Gasteiger partial charge on any atom is -0.491 e. The molecule has 0 bridgehead atoms. The standard InChI is InChI=1S/C17H23N3O3S/c1-12(8-9-20(2)3)23-14-6-4-13(5-7-14)16-18-10-15(24-16)11-19-17(21)22/h4-7,10,12,19H,8-9,11H2,1-3H3,(H,21,22). The van der Waals surface area contributed by atoms with Crippen LogP contribution >= 0.6 is 11.3 Å². The smallest absolute Gasteiger partial charge is 0.404 e. The Hall–Kier alpha value is -2.12. The van der Waals surface area contributed by atoms with E-state index in [1.54, 1.807) is 6.20 Å². The second-order valence-electron chi connectivity index (χ2n) is 5.84. The van der Waals surface area contributed by atoms with E-state index in [9.17, 15) is 4.79 Å². The first kappa shape index (κ1) is 18.2. The molecular weight excluding hydrogens is 326 g/mol. The van der Waals surface area contributed by atoms with Gasteiger partial charge >= 0.3 is 6.09 Å². The third-order valence-electron chi connectivity index (χ3n) is 3.39. The second kappa shape index (κ2) is 8.65. The largest absolute Gasteiger partial charge is 0.491 e. The first-order chi connectivity index (χ1) is 11.4. The molecule has 0 spiro atoms. The molecular formula is C17H23N3O3S. The normalized spacial score (nSPS) is 12.2. The summed E-state index contributed by atoms with van der Waals surface area (Å²) in [5.41, 5.74) is 0.995. The van der Waals surface area contributed by atoms with Gasteiger partial charge in [-0.05, 0) is 51.7 Å². The minimum atomic E-state index is -1.03. The van der Waals surface area contributed by atoms with Crippen molar-refractivity contribution in [2.45, 2.75) is 26.0 Å². The van der Waals surface area contributed by atoms with Crippen molar-refractivity contribution in [3.8, 4) is 16.3 Å². The lowest BCUT2D eigenvalue weighted by atomic mass is 10.2. The summed E-state index contributed by atoms with van der Waals surface area (Å²) >= 11 is 1.48. The van der Waals surface area contributed by atoms with Crippen LogP contribution in [-0.4, -0.2) is 47.8 Å². The zero-order valence-corrected chi connectivity index (χ0v) is 15.0. The molecule has 1 atom stereocenters. The molecule has 0 aliphatic rings. The quantitative estimate of drug-likeness (QED) is 0.765. The zero-order chi connectivity index (χ0) is 17.5. The molecule has 1 unspecified atom stereocenters. The molecule has 2 aromatic rings. The third-order valence-corrected chi connectivity index (χ3v) is 4.44. The molecule has 0 aliphatic heterocycles. The summed E-state index contributed by atoms with van der Waals surface area (Å²) in [4.78, 5) is 17.9. The number of nitrogens with zero attached hydrogens (tertiary/aromatic N) is 2. The number of ether oxygens (including phenoxy) is 1. The van der Waals surface area contributed by atoms with Crippen molar-refractivity contribution in [2.75, 3.05) is 20.6 Å². The van der Waals surface area contributed by atoms with Crippen LogP contribution in [0.2, 0.25) is 0 Å². The highest BCUT2D eigenvalue weighted by atomic mass is 32.1. The molecule has 1 heterocycles. The van der Waals surface area contributed by atoms with Crippen LogP contribution in [0, 0.1) is 0 Å². The maximum absolute atomic E-state index is 10.5. The van der Waals surface area contributed by atoms with Crippen LogP contribution in [0.3, 0.4) is 0 Å². The number of carboxylic acid groups (broad SMARTS) is 1. The molecule has 6 nitrogen and oxygen atoms in total. The Balaban J connectivity index is 1.93.